The number of anilines is 1. The van der Waals surface area contributed by atoms with Crippen molar-refractivity contribution >= 4 is 17.0 Å². The molecule has 0 aromatic carbocycles. The number of pyridine rings is 1. The first-order valence-electron chi connectivity index (χ1n) is 6.89. The lowest BCUT2D eigenvalue weighted by atomic mass is 9.92. The van der Waals surface area contributed by atoms with Crippen LogP contribution in [0.5, 0.6) is 0 Å². The van der Waals surface area contributed by atoms with E-state index in [9.17, 15) is 9.90 Å². The van der Waals surface area contributed by atoms with E-state index >= 15 is 0 Å². The Morgan fingerprint density at radius 1 is 1.25 bits per heavy atom. The molecular formula is C14H18N4O2. The van der Waals surface area contributed by atoms with Gasteiger partial charge in [0.15, 0.2) is 0 Å². The van der Waals surface area contributed by atoms with E-state index in [2.05, 4.69) is 9.97 Å². The Morgan fingerprint density at radius 2 is 1.95 bits per heavy atom. The molecular weight excluding hydrogens is 256 g/mol. The summed E-state index contributed by atoms with van der Waals surface area (Å²) in [5.74, 6) is 0.185. The number of aliphatic hydroxyl groups excluding tert-OH is 1. The van der Waals surface area contributed by atoms with Gasteiger partial charge in [0, 0.05) is 17.5 Å². The first kappa shape index (κ1) is 13.1. The molecule has 0 unspecified atom stereocenters. The van der Waals surface area contributed by atoms with Crippen LogP contribution in [0.3, 0.4) is 0 Å². The molecule has 0 radical (unpaired) electrons. The molecule has 0 bridgehead atoms. The monoisotopic (exact) mass is 274 g/mol. The van der Waals surface area contributed by atoms with Crippen molar-refractivity contribution in [3.63, 3.8) is 0 Å². The van der Waals surface area contributed by atoms with E-state index in [4.69, 9.17) is 5.73 Å². The zero-order valence-corrected chi connectivity index (χ0v) is 11.4. The molecule has 1 fully saturated rings. The highest BCUT2D eigenvalue weighted by Gasteiger charge is 2.23. The number of aromatic nitrogens is 3. The lowest BCUT2D eigenvalue weighted by molar-refractivity contribution is 0.111. The van der Waals surface area contributed by atoms with Gasteiger partial charge in [0.25, 0.3) is 5.56 Å². The molecule has 6 heteroatoms. The van der Waals surface area contributed by atoms with Crippen LogP contribution in [0.2, 0.25) is 0 Å². The summed E-state index contributed by atoms with van der Waals surface area (Å²) in [5.41, 5.74) is 7.02. The topological polar surface area (TPSA) is 94.0 Å². The van der Waals surface area contributed by atoms with Gasteiger partial charge < -0.3 is 10.8 Å². The molecule has 1 aliphatic rings. The van der Waals surface area contributed by atoms with Crippen LogP contribution < -0.4 is 11.3 Å². The molecule has 20 heavy (non-hydrogen) atoms. The van der Waals surface area contributed by atoms with Gasteiger partial charge in [-0.05, 0) is 38.7 Å². The molecule has 0 amide bonds. The molecule has 2 aromatic rings. The summed E-state index contributed by atoms with van der Waals surface area (Å²) >= 11 is 0. The second-order valence-electron chi connectivity index (χ2n) is 5.41. The van der Waals surface area contributed by atoms with Gasteiger partial charge in [0.1, 0.15) is 5.65 Å². The summed E-state index contributed by atoms with van der Waals surface area (Å²) in [4.78, 5) is 20.6. The van der Waals surface area contributed by atoms with Crippen molar-refractivity contribution < 1.29 is 5.11 Å². The van der Waals surface area contributed by atoms with E-state index in [1.54, 1.807) is 16.7 Å². The Kier molecular flexibility index (Phi) is 3.17. The van der Waals surface area contributed by atoms with Gasteiger partial charge in [-0.2, -0.15) is 4.98 Å². The zero-order chi connectivity index (χ0) is 14.3. The van der Waals surface area contributed by atoms with E-state index < -0.39 is 0 Å². The average Bonchev–Trinajstić information content (AvgIpc) is 2.40. The van der Waals surface area contributed by atoms with Crippen molar-refractivity contribution in [1.82, 2.24) is 14.5 Å². The number of rotatable bonds is 1. The van der Waals surface area contributed by atoms with Gasteiger partial charge in [-0.3, -0.25) is 9.36 Å². The highest BCUT2D eigenvalue weighted by molar-refractivity contribution is 5.78. The first-order chi connectivity index (χ1) is 9.56. The first-order valence-corrected chi connectivity index (χ1v) is 6.89. The summed E-state index contributed by atoms with van der Waals surface area (Å²) in [7, 11) is 0. The Morgan fingerprint density at radius 3 is 2.65 bits per heavy atom. The van der Waals surface area contributed by atoms with E-state index in [0.29, 0.717) is 18.5 Å². The SMILES string of the molecule is Cc1nc(N)nc2c1ccc(=O)n2[C@H]1CC[C@H](O)CC1. The second kappa shape index (κ2) is 4.86. The standard InChI is InChI=1S/C14H18N4O2/c1-8-11-6-7-12(20)18(13(11)17-14(15)16-8)9-2-4-10(19)5-3-9/h6-7,9-10,19H,2-5H2,1H3,(H2,15,16,17)/t9-,10-. The maximum Gasteiger partial charge on any atom is 0.252 e. The molecule has 0 spiro atoms. The predicted octanol–water partition coefficient (Wildman–Crippen LogP) is 1.16. The van der Waals surface area contributed by atoms with Crippen LogP contribution in [0.15, 0.2) is 16.9 Å². The third-order valence-corrected chi connectivity index (χ3v) is 4.02. The lowest BCUT2D eigenvalue weighted by Crippen LogP contribution is -2.29. The van der Waals surface area contributed by atoms with Gasteiger partial charge in [0.2, 0.25) is 5.95 Å². The lowest BCUT2D eigenvalue weighted by Gasteiger charge is -2.27. The number of aliphatic hydroxyl groups is 1. The predicted molar refractivity (Wildman–Crippen MR) is 76.5 cm³/mol. The quantitative estimate of drug-likeness (QED) is 0.813. The number of nitrogen functional groups attached to an aromatic ring is 1. The van der Waals surface area contributed by atoms with Crippen LogP contribution in [-0.2, 0) is 0 Å². The summed E-state index contributed by atoms with van der Waals surface area (Å²) in [6.45, 7) is 1.86. The zero-order valence-electron chi connectivity index (χ0n) is 11.4. The van der Waals surface area contributed by atoms with Gasteiger partial charge >= 0.3 is 0 Å². The highest BCUT2D eigenvalue weighted by Crippen LogP contribution is 2.29. The maximum absolute atomic E-state index is 12.2. The minimum absolute atomic E-state index is 0.0725. The Bertz CT molecular complexity index is 702. The Hall–Kier alpha value is -1.95. The normalized spacial score (nSPS) is 23.1. The molecule has 0 atom stereocenters. The summed E-state index contributed by atoms with van der Waals surface area (Å²) in [5, 5.41) is 10.5. The van der Waals surface area contributed by atoms with Gasteiger partial charge in [0.05, 0.1) is 11.8 Å². The van der Waals surface area contributed by atoms with Crippen LogP contribution in [0.4, 0.5) is 5.95 Å². The number of aryl methyl sites for hydroxylation is 1. The van der Waals surface area contributed by atoms with E-state index in [1.165, 1.54) is 0 Å². The molecule has 3 rings (SSSR count). The number of nitrogens with zero attached hydrogens (tertiary/aromatic N) is 3. The van der Waals surface area contributed by atoms with Crippen LogP contribution >= 0.6 is 0 Å². The largest absolute Gasteiger partial charge is 0.393 e. The van der Waals surface area contributed by atoms with Crippen molar-refractivity contribution in [2.45, 2.75) is 44.8 Å². The van der Waals surface area contributed by atoms with Crippen LogP contribution in [-0.4, -0.2) is 25.7 Å². The number of nitrogens with two attached hydrogens (primary N) is 1. The van der Waals surface area contributed by atoms with Gasteiger partial charge in [-0.1, -0.05) is 0 Å². The number of hydrogen-bond acceptors (Lipinski definition) is 5. The molecule has 6 nitrogen and oxygen atoms in total. The smallest absolute Gasteiger partial charge is 0.252 e. The second-order valence-corrected chi connectivity index (χ2v) is 5.41. The Labute approximate surface area is 116 Å². The molecule has 3 N–H and O–H groups in total. The van der Waals surface area contributed by atoms with E-state index in [-0.39, 0.29) is 23.7 Å². The van der Waals surface area contributed by atoms with E-state index in [0.717, 1.165) is 23.9 Å². The fraction of sp³-hybridized carbons (Fsp3) is 0.500. The summed E-state index contributed by atoms with van der Waals surface area (Å²) < 4.78 is 1.71. The molecule has 2 heterocycles. The number of hydrogen-bond donors (Lipinski definition) is 2. The van der Waals surface area contributed by atoms with Crippen LogP contribution in [0, 0.1) is 6.92 Å². The van der Waals surface area contributed by atoms with Crippen molar-refractivity contribution in [3.8, 4) is 0 Å². The summed E-state index contributed by atoms with van der Waals surface area (Å²) in [6.07, 6.45) is 2.74. The molecule has 1 aliphatic carbocycles. The fourth-order valence-electron chi connectivity index (χ4n) is 2.97. The van der Waals surface area contributed by atoms with Gasteiger partial charge in [-0.25, -0.2) is 4.98 Å². The molecule has 106 valence electrons. The highest BCUT2D eigenvalue weighted by atomic mass is 16.3. The molecule has 1 saturated carbocycles. The van der Waals surface area contributed by atoms with Crippen molar-refractivity contribution in [2.24, 2.45) is 0 Å². The molecule has 2 aromatic heterocycles. The molecule has 0 aliphatic heterocycles. The Balaban J connectivity index is 2.18. The van der Waals surface area contributed by atoms with E-state index in [1.807, 2.05) is 6.92 Å². The third kappa shape index (κ3) is 2.16. The fourth-order valence-corrected chi connectivity index (χ4v) is 2.97. The minimum Gasteiger partial charge on any atom is -0.393 e. The summed E-state index contributed by atoms with van der Waals surface area (Å²) in [6, 6.07) is 3.38. The number of fused-ring (bicyclic) bond motifs is 1. The van der Waals surface area contributed by atoms with Crippen molar-refractivity contribution in [2.75, 3.05) is 5.73 Å². The third-order valence-electron chi connectivity index (χ3n) is 4.02. The van der Waals surface area contributed by atoms with Crippen LogP contribution in [0.25, 0.3) is 11.0 Å². The van der Waals surface area contributed by atoms with Gasteiger partial charge in [-0.15, -0.1) is 0 Å². The maximum atomic E-state index is 12.2. The minimum atomic E-state index is -0.252. The van der Waals surface area contributed by atoms with Crippen molar-refractivity contribution in [3.05, 3.63) is 28.2 Å². The average molecular weight is 274 g/mol. The van der Waals surface area contributed by atoms with Crippen LogP contribution in [0.1, 0.15) is 37.4 Å². The van der Waals surface area contributed by atoms with Crippen molar-refractivity contribution in [1.29, 1.82) is 0 Å². The molecule has 0 saturated heterocycles.